The first kappa shape index (κ1) is 21.8. The second-order valence-corrected chi connectivity index (χ2v) is 7.97. The second-order valence-electron chi connectivity index (χ2n) is 7.97. The van der Waals surface area contributed by atoms with E-state index in [2.05, 4.69) is 41.4 Å². The number of carbonyl (C=O) groups excluding carboxylic acids is 2. The van der Waals surface area contributed by atoms with E-state index in [1.54, 1.807) is 11.1 Å². The number of nitrogens with one attached hydrogen (secondary N) is 1. The summed E-state index contributed by atoms with van der Waals surface area (Å²) in [5.74, 6) is -0.130. The first-order chi connectivity index (χ1) is 14.4. The summed E-state index contributed by atoms with van der Waals surface area (Å²) in [6.45, 7) is 4.19. The fourth-order valence-electron chi connectivity index (χ4n) is 3.95. The number of amides is 2. The van der Waals surface area contributed by atoms with Gasteiger partial charge in [0, 0.05) is 19.7 Å². The van der Waals surface area contributed by atoms with Crippen molar-refractivity contribution in [3.8, 4) is 0 Å². The molecule has 0 saturated carbocycles. The molecule has 3 rings (SSSR count). The van der Waals surface area contributed by atoms with Gasteiger partial charge in [0.15, 0.2) is 0 Å². The van der Waals surface area contributed by atoms with E-state index in [1.165, 1.54) is 18.1 Å². The summed E-state index contributed by atoms with van der Waals surface area (Å²) in [6, 6.07) is 16.3. The SMILES string of the molecule is CCc1ccc(C(CNC(=O)CC2c3ccccc3C=CN2C(C)=O)N(C)C)cc1. The molecule has 30 heavy (non-hydrogen) atoms. The van der Waals surface area contributed by atoms with Crippen molar-refractivity contribution in [2.45, 2.75) is 38.8 Å². The van der Waals surface area contributed by atoms with Crippen LogP contribution >= 0.6 is 0 Å². The number of benzene rings is 2. The van der Waals surface area contributed by atoms with Crippen LogP contribution < -0.4 is 5.32 Å². The summed E-state index contributed by atoms with van der Waals surface area (Å²) in [5.41, 5.74) is 4.53. The number of hydrogen-bond acceptors (Lipinski definition) is 3. The van der Waals surface area contributed by atoms with Crippen LogP contribution in [0.1, 0.15) is 54.6 Å². The Morgan fingerprint density at radius 3 is 2.43 bits per heavy atom. The van der Waals surface area contributed by atoms with E-state index in [0.29, 0.717) is 6.54 Å². The van der Waals surface area contributed by atoms with E-state index in [1.807, 2.05) is 44.4 Å². The van der Waals surface area contributed by atoms with Crippen molar-refractivity contribution < 1.29 is 9.59 Å². The van der Waals surface area contributed by atoms with Crippen LogP contribution in [0.2, 0.25) is 0 Å². The molecule has 1 aliphatic heterocycles. The molecule has 5 heteroatoms. The van der Waals surface area contributed by atoms with Crippen LogP contribution in [0.4, 0.5) is 0 Å². The molecule has 158 valence electrons. The molecule has 2 aromatic carbocycles. The Morgan fingerprint density at radius 2 is 1.80 bits per heavy atom. The molecule has 1 heterocycles. The maximum absolute atomic E-state index is 12.9. The molecule has 2 aromatic rings. The molecule has 0 spiro atoms. The monoisotopic (exact) mass is 405 g/mol. The van der Waals surface area contributed by atoms with E-state index in [-0.39, 0.29) is 30.3 Å². The third-order valence-electron chi connectivity index (χ3n) is 5.74. The number of rotatable bonds is 7. The second kappa shape index (κ2) is 9.72. The lowest BCUT2D eigenvalue weighted by Gasteiger charge is -2.32. The van der Waals surface area contributed by atoms with E-state index in [9.17, 15) is 9.59 Å². The van der Waals surface area contributed by atoms with Crippen LogP contribution in [0.3, 0.4) is 0 Å². The topological polar surface area (TPSA) is 52.7 Å². The van der Waals surface area contributed by atoms with Gasteiger partial charge in [-0.2, -0.15) is 0 Å². The van der Waals surface area contributed by atoms with E-state index < -0.39 is 0 Å². The molecule has 0 saturated heterocycles. The lowest BCUT2D eigenvalue weighted by atomic mass is 9.93. The summed E-state index contributed by atoms with van der Waals surface area (Å²) in [5, 5.41) is 3.09. The molecule has 2 amide bonds. The standard InChI is InChI=1S/C25H31N3O2/c1-5-19-10-12-21(13-11-19)24(27(3)4)17-26-25(30)16-23-22-9-7-6-8-20(22)14-15-28(23)18(2)29/h6-15,23-24H,5,16-17H2,1-4H3,(H,26,30). The fraction of sp³-hybridized carbons (Fsp3) is 0.360. The predicted molar refractivity (Wildman–Crippen MR) is 121 cm³/mol. The van der Waals surface area contributed by atoms with Crippen LogP contribution in [-0.4, -0.2) is 42.3 Å². The van der Waals surface area contributed by atoms with Crippen molar-refractivity contribution in [3.05, 3.63) is 77.0 Å². The summed E-state index contributed by atoms with van der Waals surface area (Å²) in [7, 11) is 4.04. The highest BCUT2D eigenvalue weighted by Crippen LogP contribution is 2.32. The first-order valence-corrected chi connectivity index (χ1v) is 10.5. The molecule has 1 N–H and O–H groups in total. The van der Waals surface area contributed by atoms with Crippen LogP contribution in [0.15, 0.2) is 54.7 Å². The highest BCUT2D eigenvalue weighted by atomic mass is 16.2. The van der Waals surface area contributed by atoms with Crippen molar-refractivity contribution in [1.82, 2.24) is 15.1 Å². The van der Waals surface area contributed by atoms with Crippen molar-refractivity contribution >= 4 is 17.9 Å². The Morgan fingerprint density at radius 1 is 1.10 bits per heavy atom. The van der Waals surface area contributed by atoms with E-state index in [0.717, 1.165) is 17.5 Å². The lowest BCUT2D eigenvalue weighted by Crippen LogP contribution is -2.38. The zero-order valence-corrected chi connectivity index (χ0v) is 18.3. The van der Waals surface area contributed by atoms with Crippen molar-refractivity contribution in [1.29, 1.82) is 0 Å². The van der Waals surface area contributed by atoms with Crippen molar-refractivity contribution in [3.63, 3.8) is 0 Å². The summed E-state index contributed by atoms with van der Waals surface area (Å²) < 4.78 is 0. The molecule has 0 aliphatic carbocycles. The first-order valence-electron chi connectivity index (χ1n) is 10.5. The zero-order valence-electron chi connectivity index (χ0n) is 18.3. The quantitative estimate of drug-likeness (QED) is 0.759. The highest BCUT2D eigenvalue weighted by Gasteiger charge is 2.28. The van der Waals surface area contributed by atoms with Crippen molar-refractivity contribution in [2.75, 3.05) is 20.6 Å². The van der Waals surface area contributed by atoms with E-state index in [4.69, 9.17) is 0 Å². The summed E-state index contributed by atoms with van der Waals surface area (Å²) in [4.78, 5) is 28.7. The Hall–Kier alpha value is -2.92. The van der Waals surface area contributed by atoms with Gasteiger partial charge in [-0.1, -0.05) is 55.5 Å². The van der Waals surface area contributed by atoms with Crippen LogP contribution in [0, 0.1) is 0 Å². The Bertz CT molecular complexity index is 918. The predicted octanol–water partition coefficient (Wildman–Crippen LogP) is 3.93. The molecule has 2 unspecified atom stereocenters. The molecule has 0 aromatic heterocycles. The molecule has 0 radical (unpaired) electrons. The molecule has 5 nitrogen and oxygen atoms in total. The molecule has 0 bridgehead atoms. The Kier molecular flexibility index (Phi) is 7.06. The number of nitrogens with zero attached hydrogens (tertiary/aromatic N) is 2. The minimum atomic E-state index is -0.287. The van der Waals surface area contributed by atoms with Gasteiger partial charge in [-0.05, 0) is 48.8 Å². The third-order valence-corrected chi connectivity index (χ3v) is 5.74. The number of fused-ring (bicyclic) bond motifs is 1. The third kappa shape index (κ3) is 4.97. The van der Waals surface area contributed by atoms with Crippen LogP contribution in [-0.2, 0) is 16.0 Å². The minimum Gasteiger partial charge on any atom is -0.354 e. The summed E-state index contributed by atoms with van der Waals surface area (Å²) in [6.07, 6.45) is 4.94. The van der Waals surface area contributed by atoms with Gasteiger partial charge in [-0.25, -0.2) is 0 Å². The Labute approximate surface area is 179 Å². The van der Waals surface area contributed by atoms with Gasteiger partial charge in [0.1, 0.15) is 0 Å². The van der Waals surface area contributed by atoms with Gasteiger partial charge in [0.05, 0.1) is 18.5 Å². The molecular formula is C25H31N3O2. The van der Waals surface area contributed by atoms with Gasteiger partial charge >= 0.3 is 0 Å². The molecule has 0 fully saturated rings. The average molecular weight is 406 g/mol. The van der Waals surface area contributed by atoms with Gasteiger partial charge in [-0.3, -0.25) is 9.59 Å². The van der Waals surface area contributed by atoms with Gasteiger partial charge in [0.25, 0.3) is 0 Å². The highest BCUT2D eigenvalue weighted by molar-refractivity contribution is 5.81. The van der Waals surface area contributed by atoms with Crippen molar-refractivity contribution in [2.24, 2.45) is 0 Å². The number of likely N-dealkylation sites (N-methyl/N-ethyl adjacent to an activating group) is 1. The van der Waals surface area contributed by atoms with Gasteiger partial charge < -0.3 is 15.1 Å². The Balaban J connectivity index is 1.70. The minimum absolute atomic E-state index is 0.0617. The fourth-order valence-corrected chi connectivity index (χ4v) is 3.95. The van der Waals surface area contributed by atoms with Crippen LogP contribution in [0.25, 0.3) is 6.08 Å². The van der Waals surface area contributed by atoms with Gasteiger partial charge in [0.2, 0.25) is 11.8 Å². The van der Waals surface area contributed by atoms with Crippen LogP contribution in [0.5, 0.6) is 0 Å². The average Bonchev–Trinajstić information content (AvgIpc) is 2.74. The van der Waals surface area contributed by atoms with Gasteiger partial charge in [-0.15, -0.1) is 0 Å². The number of hydrogen-bond donors (Lipinski definition) is 1. The maximum Gasteiger partial charge on any atom is 0.223 e. The zero-order chi connectivity index (χ0) is 21.7. The number of aryl methyl sites for hydroxylation is 1. The lowest BCUT2D eigenvalue weighted by molar-refractivity contribution is -0.130. The molecule has 2 atom stereocenters. The molecule has 1 aliphatic rings. The maximum atomic E-state index is 12.9. The number of carbonyl (C=O) groups is 2. The largest absolute Gasteiger partial charge is 0.354 e. The smallest absolute Gasteiger partial charge is 0.223 e. The normalized spacial score (nSPS) is 16.3. The summed E-state index contributed by atoms with van der Waals surface area (Å²) >= 11 is 0. The molecular weight excluding hydrogens is 374 g/mol. The van der Waals surface area contributed by atoms with E-state index >= 15 is 0 Å².